The Morgan fingerprint density at radius 2 is 2.35 bits per heavy atom. The normalized spacial score (nSPS) is 16.6. The number of halogens is 1. The van der Waals surface area contributed by atoms with Crippen LogP contribution in [0, 0.1) is 0 Å². The molecule has 0 aromatic carbocycles. The number of pyridine rings is 1. The van der Waals surface area contributed by atoms with Gasteiger partial charge < -0.3 is 10.6 Å². The van der Waals surface area contributed by atoms with Crippen LogP contribution in [0.4, 0.5) is 0 Å². The van der Waals surface area contributed by atoms with Crippen molar-refractivity contribution in [3.8, 4) is 0 Å². The summed E-state index contributed by atoms with van der Waals surface area (Å²) in [7, 11) is 0. The zero-order chi connectivity index (χ0) is 12.4. The van der Waals surface area contributed by atoms with Gasteiger partial charge in [0, 0.05) is 18.8 Å². The minimum atomic E-state index is -0.448. The summed E-state index contributed by atoms with van der Waals surface area (Å²) in [6.07, 6.45) is 3.84. The fourth-order valence-corrected chi connectivity index (χ4v) is 1.84. The smallest absolute Gasteiger partial charge is 0.239 e. The molecule has 1 aromatic heterocycles. The molecule has 1 aliphatic carbocycles. The lowest BCUT2D eigenvalue weighted by atomic mass is 10.2. The molecular weight excluding hydrogens is 238 g/mol. The van der Waals surface area contributed by atoms with Crippen molar-refractivity contribution in [2.75, 3.05) is 0 Å². The maximum Gasteiger partial charge on any atom is 0.239 e. The number of nitrogens with two attached hydrogens (primary N) is 1. The molecule has 0 saturated heterocycles. The van der Waals surface area contributed by atoms with Gasteiger partial charge in [0.1, 0.15) is 5.15 Å². The molecular formula is C12H16ClN3O. The highest BCUT2D eigenvalue weighted by Crippen LogP contribution is 2.28. The van der Waals surface area contributed by atoms with E-state index in [4.69, 9.17) is 17.3 Å². The molecule has 1 aromatic rings. The highest BCUT2D eigenvalue weighted by Gasteiger charge is 2.33. The van der Waals surface area contributed by atoms with E-state index in [9.17, 15) is 4.79 Å². The van der Waals surface area contributed by atoms with Crippen LogP contribution in [0.25, 0.3) is 0 Å². The fraction of sp³-hybridized carbons (Fsp3) is 0.500. The van der Waals surface area contributed by atoms with Crippen LogP contribution in [0.15, 0.2) is 18.3 Å². The van der Waals surface area contributed by atoms with Gasteiger partial charge in [0.2, 0.25) is 5.91 Å². The minimum absolute atomic E-state index is 0.00227. The molecule has 1 atom stereocenters. The quantitative estimate of drug-likeness (QED) is 0.829. The Bertz CT molecular complexity index is 401. The molecule has 1 saturated carbocycles. The maximum atomic E-state index is 12.0. The number of rotatable bonds is 4. The molecule has 0 bridgehead atoms. The SMILES string of the molecule is C[C@H](N)C(=O)N(Cc1ccc(Cl)nc1)C1CC1. The molecule has 2 N–H and O–H groups in total. The van der Waals surface area contributed by atoms with E-state index in [0.29, 0.717) is 17.7 Å². The first kappa shape index (κ1) is 12.3. The molecule has 92 valence electrons. The van der Waals surface area contributed by atoms with E-state index in [2.05, 4.69) is 4.98 Å². The summed E-state index contributed by atoms with van der Waals surface area (Å²) >= 11 is 5.72. The largest absolute Gasteiger partial charge is 0.334 e. The number of hydrogen-bond acceptors (Lipinski definition) is 3. The van der Waals surface area contributed by atoms with Gasteiger partial charge in [-0.25, -0.2) is 4.98 Å². The van der Waals surface area contributed by atoms with Crippen molar-refractivity contribution in [3.63, 3.8) is 0 Å². The van der Waals surface area contributed by atoms with Gasteiger partial charge in [-0.05, 0) is 31.4 Å². The predicted molar refractivity (Wildman–Crippen MR) is 66.5 cm³/mol. The molecule has 17 heavy (non-hydrogen) atoms. The summed E-state index contributed by atoms with van der Waals surface area (Å²) in [5, 5.41) is 0.463. The minimum Gasteiger partial charge on any atom is -0.334 e. The second-order valence-corrected chi connectivity index (χ2v) is 4.86. The summed E-state index contributed by atoms with van der Waals surface area (Å²) in [6.45, 7) is 2.28. The average molecular weight is 254 g/mol. The topological polar surface area (TPSA) is 59.2 Å². The lowest BCUT2D eigenvalue weighted by molar-refractivity contribution is -0.133. The fourth-order valence-electron chi connectivity index (χ4n) is 1.73. The molecule has 2 rings (SSSR count). The van der Waals surface area contributed by atoms with Crippen LogP contribution in [-0.2, 0) is 11.3 Å². The second kappa shape index (κ2) is 5.02. The molecule has 0 unspecified atom stereocenters. The predicted octanol–water partition coefficient (Wildman–Crippen LogP) is 1.57. The third-order valence-electron chi connectivity index (χ3n) is 2.80. The summed E-state index contributed by atoms with van der Waals surface area (Å²) in [4.78, 5) is 17.8. The summed E-state index contributed by atoms with van der Waals surface area (Å²) in [5.74, 6) is 0.00227. The monoisotopic (exact) mass is 253 g/mol. The third kappa shape index (κ3) is 3.17. The van der Waals surface area contributed by atoms with Crippen LogP contribution < -0.4 is 5.73 Å². The number of carbonyl (C=O) groups excluding carboxylic acids is 1. The standard InChI is InChI=1S/C12H16ClN3O/c1-8(14)12(17)16(10-3-4-10)7-9-2-5-11(13)15-6-9/h2,5-6,8,10H,3-4,7,14H2,1H3/t8-/m0/s1. The van der Waals surface area contributed by atoms with Gasteiger partial charge in [0.25, 0.3) is 0 Å². The van der Waals surface area contributed by atoms with Crippen molar-refractivity contribution in [3.05, 3.63) is 29.0 Å². The van der Waals surface area contributed by atoms with Gasteiger partial charge in [-0.1, -0.05) is 17.7 Å². The van der Waals surface area contributed by atoms with Crippen molar-refractivity contribution in [2.24, 2.45) is 5.73 Å². The molecule has 0 aliphatic heterocycles. The van der Waals surface area contributed by atoms with Crippen molar-refractivity contribution in [2.45, 2.75) is 38.4 Å². The average Bonchev–Trinajstić information content (AvgIpc) is 3.11. The van der Waals surface area contributed by atoms with Gasteiger partial charge in [0.15, 0.2) is 0 Å². The molecule has 5 heteroatoms. The lowest BCUT2D eigenvalue weighted by Crippen LogP contribution is -2.42. The van der Waals surface area contributed by atoms with E-state index in [1.54, 1.807) is 19.2 Å². The van der Waals surface area contributed by atoms with Gasteiger partial charge in [-0.15, -0.1) is 0 Å². The number of aromatic nitrogens is 1. The summed E-state index contributed by atoms with van der Waals surface area (Å²) in [6, 6.07) is 3.53. The Morgan fingerprint density at radius 1 is 1.65 bits per heavy atom. The number of amides is 1. The van der Waals surface area contributed by atoms with Crippen LogP contribution >= 0.6 is 11.6 Å². The van der Waals surface area contributed by atoms with E-state index < -0.39 is 6.04 Å². The maximum absolute atomic E-state index is 12.0. The van der Waals surface area contributed by atoms with Gasteiger partial charge >= 0.3 is 0 Å². The van der Waals surface area contributed by atoms with Crippen LogP contribution in [-0.4, -0.2) is 27.9 Å². The Balaban J connectivity index is 2.07. The van der Waals surface area contributed by atoms with Gasteiger partial charge in [-0.3, -0.25) is 4.79 Å². The second-order valence-electron chi connectivity index (χ2n) is 4.48. The highest BCUT2D eigenvalue weighted by molar-refractivity contribution is 6.29. The van der Waals surface area contributed by atoms with Gasteiger partial charge in [0.05, 0.1) is 6.04 Å². The van der Waals surface area contributed by atoms with E-state index in [0.717, 1.165) is 18.4 Å². The van der Waals surface area contributed by atoms with Crippen LogP contribution in [0.5, 0.6) is 0 Å². The number of nitrogens with zero attached hydrogens (tertiary/aromatic N) is 2. The molecule has 4 nitrogen and oxygen atoms in total. The van der Waals surface area contributed by atoms with Crippen LogP contribution in [0.2, 0.25) is 5.15 Å². The van der Waals surface area contributed by atoms with Crippen LogP contribution in [0.1, 0.15) is 25.3 Å². The van der Waals surface area contributed by atoms with Crippen molar-refractivity contribution >= 4 is 17.5 Å². The Kier molecular flexibility index (Phi) is 3.64. The molecule has 1 heterocycles. The van der Waals surface area contributed by atoms with Crippen molar-refractivity contribution in [1.82, 2.24) is 9.88 Å². The van der Waals surface area contributed by atoms with E-state index in [1.807, 2.05) is 11.0 Å². The van der Waals surface area contributed by atoms with Crippen molar-refractivity contribution in [1.29, 1.82) is 0 Å². The zero-order valence-electron chi connectivity index (χ0n) is 9.77. The molecule has 1 fully saturated rings. The molecule has 1 aliphatic rings. The summed E-state index contributed by atoms with van der Waals surface area (Å²) < 4.78 is 0. The van der Waals surface area contributed by atoms with Gasteiger partial charge in [-0.2, -0.15) is 0 Å². The van der Waals surface area contributed by atoms with E-state index in [-0.39, 0.29) is 5.91 Å². The first-order valence-electron chi connectivity index (χ1n) is 5.74. The molecule has 1 amide bonds. The number of hydrogen-bond donors (Lipinski definition) is 1. The third-order valence-corrected chi connectivity index (χ3v) is 3.03. The number of carbonyl (C=O) groups is 1. The molecule has 0 spiro atoms. The Hall–Kier alpha value is -1.13. The zero-order valence-corrected chi connectivity index (χ0v) is 10.5. The Labute approximate surface area is 106 Å². The molecule has 0 radical (unpaired) electrons. The van der Waals surface area contributed by atoms with E-state index >= 15 is 0 Å². The Morgan fingerprint density at radius 3 is 2.82 bits per heavy atom. The first-order chi connectivity index (χ1) is 8.08. The summed E-state index contributed by atoms with van der Waals surface area (Å²) in [5.41, 5.74) is 6.63. The first-order valence-corrected chi connectivity index (χ1v) is 6.12. The van der Waals surface area contributed by atoms with E-state index in [1.165, 1.54) is 0 Å². The van der Waals surface area contributed by atoms with Crippen LogP contribution in [0.3, 0.4) is 0 Å². The van der Waals surface area contributed by atoms with Crippen molar-refractivity contribution < 1.29 is 4.79 Å². The lowest BCUT2D eigenvalue weighted by Gasteiger charge is -2.24. The highest BCUT2D eigenvalue weighted by atomic mass is 35.5.